The van der Waals surface area contributed by atoms with Crippen molar-refractivity contribution in [1.29, 1.82) is 0 Å². The van der Waals surface area contributed by atoms with Gasteiger partial charge in [0.15, 0.2) is 5.96 Å². The zero-order chi connectivity index (χ0) is 18.4. The van der Waals surface area contributed by atoms with Crippen molar-refractivity contribution in [1.82, 2.24) is 29.4 Å². The molecule has 1 aliphatic heterocycles. The van der Waals surface area contributed by atoms with Gasteiger partial charge in [0.1, 0.15) is 5.82 Å². The fourth-order valence-electron chi connectivity index (χ4n) is 2.99. The Morgan fingerprint density at radius 2 is 2.12 bits per heavy atom. The van der Waals surface area contributed by atoms with Crippen LogP contribution >= 0.6 is 11.5 Å². The first-order valence-electron chi connectivity index (χ1n) is 9.21. The van der Waals surface area contributed by atoms with Gasteiger partial charge in [0.25, 0.3) is 0 Å². The van der Waals surface area contributed by atoms with E-state index in [9.17, 15) is 0 Å². The molecule has 0 aromatic carbocycles. The van der Waals surface area contributed by atoms with Gasteiger partial charge in [-0.05, 0) is 18.9 Å². The van der Waals surface area contributed by atoms with E-state index in [1.54, 1.807) is 0 Å². The number of aliphatic imine (C=N–C) groups is 1. The number of rotatable bonds is 6. The first-order chi connectivity index (χ1) is 12.7. The maximum atomic E-state index is 4.59. The van der Waals surface area contributed by atoms with Gasteiger partial charge < -0.3 is 15.1 Å². The van der Waals surface area contributed by atoms with Gasteiger partial charge >= 0.3 is 0 Å². The summed E-state index contributed by atoms with van der Waals surface area (Å²) < 4.78 is 6.38. The Kier molecular flexibility index (Phi) is 6.43. The Morgan fingerprint density at radius 3 is 2.73 bits per heavy atom. The number of piperazine rings is 1. The Bertz CT molecular complexity index is 714. The average Bonchev–Trinajstić information content (AvgIpc) is 3.31. The second-order valence-electron chi connectivity index (χ2n) is 6.43. The fraction of sp³-hybridized carbons (Fsp3) is 0.647. The van der Waals surface area contributed by atoms with Crippen molar-refractivity contribution in [3.05, 3.63) is 23.8 Å². The van der Waals surface area contributed by atoms with Crippen LogP contribution in [0.5, 0.6) is 0 Å². The SMILES string of the molecule is CCc1nsc(N2CCN(C(=NC)NCCCn3cc(C)cn3)CC2)n1. The van der Waals surface area contributed by atoms with Crippen LogP contribution in [0.4, 0.5) is 5.13 Å². The summed E-state index contributed by atoms with van der Waals surface area (Å²) in [5.74, 6) is 1.92. The normalized spacial score (nSPS) is 15.6. The lowest BCUT2D eigenvalue weighted by molar-refractivity contribution is 0.371. The molecule has 1 N–H and O–H groups in total. The van der Waals surface area contributed by atoms with E-state index in [4.69, 9.17) is 0 Å². The van der Waals surface area contributed by atoms with Gasteiger partial charge in [0, 0.05) is 70.5 Å². The lowest BCUT2D eigenvalue weighted by atomic mass is 10.3. The topological polar surface area (TPSA) is 74.5 Å². The van der Waals surface area contributed by atoms with Crippen LogP contribution in [0.15, 0.2) is 17.4 Å². The minimum atomic E-state index is 0.891. The first kappa shape index (κ1) is 18.6. The Morgan fingerprint density at radius 1 is 1.31 bits per heavy atom. The van der Waals surface area contributed by atoms with Gasteiger partial charge in [0.2, 0.25) is 5.13 Å². The number of aromatic nitrogens is 4. The van der Waals surface area contributed by atoms with Crippen LogP contribution in [-0.2, 0) is 13.0 Å². The van der Waals surface area contributed by atoms with Crippen molar-refractivity contribution in [3.8, 4) is 0 Å². The molecule has 1 aliphatic rings. The van der Waals surface area contributed by atoms with E-state index in [1.807, 2.05) is 17.9 Å². The summed E-state index contributed by atoms with van der Waals surface area (Å²) in [6.45, 7) is 9.75. The van der Waals surface area contributed by atoms with E-state index >= 15 is 0 Å². The highest BCUT2D eigenvalue weighted by Gasteiger charge is 2.21. The van der Waals surface area contributed by atoms with E-state index in [2.05, 4.69) is 54.6 Å². The molecule has 26 heavy (non-hydrogen) atoms. The minimum Gasteiger partial charge on any atom is -0.356 e. The molecule has 0 amide bonds. The molecule has 8 nitrogen and oxygen atoms in total. The van der Waals surface area contributed by atoms with Crippen molar-refractivity contribution < 1.29 is 0 Å². The highest BCUT2D eigenvalue weighted by atomic mass is 32.1. The van der Waals surface area contributed by atoms with Gasteiger partial charge in [0.05, 0.1) is 6.20 Å². The molecule has 0 aliphatic carbocycles. The van der Waals surface area contributed by atoms with Crippen LogP contribution in [0.25, 0.3) is 0 Å². The molecule has 1 fully saturated rings. The van der Waals surface area contributed by atoms with E-state index in [1.165, 1.54) is 17.1 Å². The number of hydrogen-bond acceptors (Lipinski definition) is 6. The summed E-state index contributed by atoms with van der Waals surface area (Å²) in [5.41, 5.74) is 1.20. The second-order valence-corrected chi connectivity index (χ2v) is 7.16. The van der Waals surface area contributed by atoms with Gasteiger partial charge in [-0.1, -0.05) is 6.92 Å². The molecule has 0 bridgehead atoms. The van der Waals surface area contributed by atoms with Gasteiger partial charge in [-0.2, -0.15) is 9.47 Å². The van der Waals surface area contributed by atoms with E-state index in [-0.39, 0.29) is 0 Å². The van der Waals surface area contributed by atoms with Crippen LogP contribution in [0, 0.1) is 6.92 Å². The molecular formula is C17H28N8S. The molecule has 0 unspecified atom stereocenters. The highest BCUT2D eigenvalue weighted by Crippen LogP contribution is 2.19. The van der Waals surface area contributed by atoms with Crippen LogP contribution in [-0.4, -0.2) is 69.8 Å². The molecule has 142 valence electrons. The maximum Gasteiger partial charge on any atom is 0.205 e. The van der Waals surface area contributed by atoms with E-state index < -0.39 is 0 Å². The summed E-state index contributed by atoms with van der Waals surface area (Å²) in [4.78, 5) is 13.7. The maximum absolute atomic E-state index is 4.59. The quantitative estimate of drug-likeness (QED) is 0.467. The summed E-state index contributed by atoms with van der Waals surface area (Å²) >= 11 is 1.50. The molecule has 1 saturated heterocycles. The average molecular weight is 377 g/mol. The molecule has 3 heterocycles. The second kappa shape index (κ2) is 8.98. The minimum absolute atomic E-state index is 0.891. The standard InChI is InChI=1S/C17H28N8S/c1-4-15-21-17(26-22-15)24-10-8-23(9-11-24)16(18-3)19-6-5-7-25-13-14(2)12-20-25/h12-13H,4-11H2,1-3H3,(H,18,19). The van der Waals surface area contributed by atoms with Crippen molar-refractivity contribution >= 4 is 22.6 Å². The Hall–Kier alpha value is -2.16. The molecule has 2 aromatic heterocycles. The number of aryl methyl sites for hydroxylation is 3. The monoisotopic (exact) mass is 376 g/mol. The van der Waals surface area contributed by atoms with E-state index in [0.29, 0.717) is 0 Å². The molecule has 3 rings (SSSR count). The molecule has 0 spiro atoms. The zero-order valence-electron chi connectivity index (χ0n) is 15.9. The number of nitrogens with zero attached hydrogens (tertiary/aromatic N) is 7. The molecular weight excluding hydrogens is 348 g/mol. The zero-order valence-corrected chi connectivity index (χ0v) is 16.7. The van der Waals surface area contributed by atoms with E-state index in [0.717, 1.165) is 69.0 Å². The number of nitrogens with one attached hydrogen (secondary N) is 1. The first-order valence-corrected chi connectivity index (χ1v) is 9.99. The molecule has 0 saturated carbocycles. The Labute approximate surface area is 159 Å². The number of anilines is 1. The van der Waals surface area contributed by atoms with Gasteiger partial charge in [-0.3, -0.25) is 9.67 Å². The lowest BCUT2D eigenvalue weighted by Crippen LogP contribution is -2.52. The van der Waals surface area contributed by atoms with Crippen molar-refractivity contribution in [2.24, 2.45) is 4.99 Å². The number of guanidine groups is 1. The van der Waals surface area contributed by atoms with Crippen LogP contribution in [0.1, 0.15) is 24.7 Å². The third-order valence-electron chi connectivity index (χ3n) is 4.44. The lowest BCUT2D eigenvalue weighted by Gasteiger charge is -2.36. The van der Waals surface area contributed by atoms with Crippen molar-refractivity contribution in [2.75, 3.05) is 44.7 Å². The molecule has 9 heteroatoms. The van der Waals surface area contributed by atoms with Crippen molar-refractivity contribution in [3.63, 3.8) is 0 Å². The summed E-state index contributed by atoms with van der Waals surface area (Å²) in [5, 5.41) is 8.84. The van der Waals surface area contributed by atoms with Gasteiger partial charge in [-0.25, -0.2) is 4.98 Å². The summed E-state index contributed by atoms with van der Waals surface area (Å²) in [7, 11) is 1.85. The third-order valence-corrected chi connectivity index (χ3v) is 5.26. The molecule has 0 atom stereocenters. The third kappa shape index (κ3) is 4.72. The summed E-state index contributed by atoms with van der Waals surface area (Å²) in [6.07, 6.45) is 5.88. The molecule has 2 aromatic rings. The predicted octanol–water partition coefficient (Wildman–Crippen LogP) is 1.39. The summed E-state index contributed by atoms with van der Waals surface area (Å²) in [6, 6.07) is 0. The molecule has 0 radical (unpaired) electrons. The van der Waals surface area contributed by atoms with Crippen LogP contribution < -0.4 is 10.2 Å². The van der Waals surface area contributed by atoms with Gasteiger partial charge in [-0.15, -0.1) is 0 Å². The Balaban J connectivity index is 1.41. The predicted molar refractivity (Wildman–Crippen MR) is 106 cm³/mol. The smallest absolute Gasteiger partial charge is 0.205 e. The van der Waals surface area contributed by atoms with Crippen LogP contribution in [0.2, 0.25) is 0 Å². The highest BCUT2D eigenvalue weighted by molar-refractivity contribution is 7.09. The van der Waals surface area contributed by atoms with Crippen LogP contribution in [0.3, 0.4) is 0 Å². The largest absolute Gasteiger partial charge is 0.356 e. The van der Waals surface area contributed by atoms with Crippen molar-refractivity contribution in [2.45, 2.75) is 33.2 Å². The number of hydrogen-bond donors (Lipinski definition) is 1. The fourth-order valence-corrected chi connectivity index (χ4v) is 3.79.